The van der Waals surface area contributed by atoms with E-state index in [4.69, 9.17) is 4.74 Å². The lowest BCUT2D eigenvalue weighted by Crippen LogP contribution is -2.27. The Morgan fingerprint density at radius 1 is 0.846 bits per heavy atom. The number of carbonyl (C=O) groups is 2. The molecule has 8 heteroatoms. The fraction of sp³-hybridized carbons (Fsp3) is 0.222. The number of anilines is 2. The Labute approximate surface area is 148 Å². The van der Waals surface area contributed by atoms with Crippen LogP contribution in [0, 0.1) is 17.5 Å². The van der Waals surface area contributed by atoms with Gasteiger partial charge in [0.2, 0.25) is 0 Å². The Bertz CT molecular complexity index is 828. The highest BCUT2D eigenvalue weighted by Gasteiger charge is 2.18. The summed E-state index contributed by atoms with van der Waals surface area (Å²) < 4.78 is 45.1. The van der Waals surface area contributed by atoms with Crippen molar-refractivity contribution in [1.82, 2.24) is 0 Å². The minimum Gasteiger partial charge on any atom is -0.444 e. The summed E-state index contributed by atoms with van der Waals surface area (Å²) in [5.74, 6) is -3.41. The van der Waals surface area contributed by atoms with Crippen molar-refractivity contribution in [2.75, 3.05) is 10.6 Å². The molecule has 0 saturated carbocycles. The lowest BCUT2D eigenvalue weighted by molar-refractivity contribution is 0.0635. The van der Waals surface area contributed by atoms with Gasteiger partial charge in [-0.3, -0.25) is 10.1 Å². The molecule has 2 N–H and O–H groups in total. The molecule has 0 radical (unpaired) electrons. The van der Waals surface area contributed by atoms with Crippen LogP contribution in [0.25, 0.3) is 0 Å². The lowest BCUT2D eigenvalue weighted by atomic mass is 10.2. The van der Waals surface area contributed by atoms with E-state index in [1.165, 1.54) is 6.07 Å². The number of amides is 2. The van der Waals surface area contributed by atoms with Crippen LogP contribution in [0.15, 0.2) is 36.4 Å². The van der Waals surface area contributed by atoms with Crippen molar-refractivity contribution in [1.29, 1.82) is 0 Å². The summed E-state index contributed by atoms with van der Waals surface area (Å²) in [7, 11) is 0. The number of rotatable bonds is 3. The topological polar surface area (TPSA) is 67.4 Å². The average molecular weight is 366 g/mol. The summed E-state index contributed by atoms with van der Waals surface area (Å²) in [4.78, 5) is 24.1. The van der Waals surface area contributed by atoms with Crippen molar-refractivity contribution in [3.8, 4) is 0 Å². The number of halogens is 3. The Balaban J connectivity index is 2.24. The molecule has 26 heavy (non-hydrogen) atoms. The van der Waals surface area contributed by atoms with Crippen LogP contribution in [0.4, 0.5) is 29.3 Å². The summed E-state index contributed by atoms with van der Waals surface area (Å²) in [6.45, 7) is 5.00. The van der Waals surface area contributed by atoms with Gasteiger partial charge in [0.05, 0.1) is 11.4 Å². The number of hydrogen-bond acceptors (Lipinski definition) is 3. The molecule has 2 amide bonds. The van der Waals surface area contributed by atoms with Crippen molar-refractivity contribution in [3.63, 3.8) is 0 Å². The fourth-order valence-electron chi connectivity index (χ4n) is 2.02. The van der Waals surface area contributed by atoms with Crippen molar-refractivity contribution < 1.29 is 27.5 Å². The highest BCUT2D eigenvalue weighted by Crippen LogP contribution is 2.24. The third-order valence-corrected chi connectivity index (χ3v) is 2.99. The number of hydrogen-bond donors (Lipinski definition) is 2. The van der Waals surface area contributed by atoms with Gasteiger partial charge < -0.3 is 10.1 Å². The van der Waals surface area contributed by atoms with Crippen LogP contribution in [0.3, 0.4) is 0 Å². The molecule has 0 aliphatic rings. The van der Waals surface area contributed by atoms with E-state index in [2.05, 4.69) is 10.6 Å². The van der Waals surface area contributed by atoms with E-state index >= 15 is 0 Å². The molecule has 0 spiro atoms. The fourth-order valence-corrected chi connectivity index (χ4v) is 2.02. The quantitative estimate of drug-likeness (QED) is 0.827. The van der Waals surface area contributed by atoms with Gasteiger partial charge in [-0.1, -0.05) is 0 Å². The van der Waals surface area contributed by atoms with Crippen LogP contribution in [0.1, 0.15) is 31.1 Å². The summed E-state index contributed by atoms with van der Waals surface area (Å²) in [5, 5.41) is 4.69. The van der Waals surface area contributed by atoms with Gasteiger partial charge in [0.25, 0.3) is 5.91 Å². The Hall–Kier alpha value is -3.03. The van der Waals surface area contributed by atoms with Crippen molar-refractivity contribution >= 4 is 23.4 Å². The Morgan fingerprint density at radius 3 is 2.04 bits per heavy atom. The Morgan fingerprint density at radius 2 is 1.46 bits per heavy atom. The van der Waals surface area contributed by atoms with E-state index in [9.17, 15) is 22.8 Å². The second-order valence-corrected chi connectivity index (χ2v) is 6.43. The van der Waals surface area contributed by atoms with Crippen LogP contribution in [0.5, 0.6) is 0 Å². The third kappa shape index (κ3) is 5.51. The van der Waals surface area contributed by atoms with Gasteiger partial charge in [-0.15, -0.1) is 0 Å². The number of benzene rings is 2. The molecule has 0 heterocycles. The molecule has 0 fully saturated rings. The molecule has 2 rings (SSSR count). The number of carbonyl (C=O) groups excluding carboxylic acids is 2. The monoisotopic (exact) mass is 366 g/mol. The largest absolute Gasteiger partial charge is 0.444 e. The van der Waals surface area contributed by atoms with E-state index in [1.54, 1.807) is 20.8 Å². The van der Waals surface area contributed by atoms with Crippen LogP contribution >= 0.6 is 0 Å². The SMILES string of the molecule is CC(C)(C)OC(=O)Nc1ccc(F)cc1NC(=O)c1cc(F)cc(F)c1. The summed E-state index contributed by atoms with van der Waals surface area (Å²) in [5.41, 5.74) is -1.08. The van der Waals surface area contributed by atoms with Crippen molar-refractivity contribution in [2.45, 2.75) is 26.4 Å². The summed E-state index contributed by atoms with van der Waals surface area (Å²) >= 11 is 0. The first kappa shape index (κ1) is 19.3. The molecule has 0 saturated heterocycles. The smallest absolute Gasteiger partial charge is 0.412 e. The molecule has 2 aromatic rings. The molecular formula is C18H17F3N2O3. The first-order chi connectivity index (χ1) is 12.0. The van der Waals surface area contributed by atoms with E-state index in [1.807, 2.05) is 0 Å². The van der Waals surface area contributed by atoms with E-state index in [-0.39, 0.29) is 16.9 Å². The zero-order chi connectivity index (χ0) is 19.5. The van der Waals surface area contributed by atoms with Gasteiger partial charge in [0.1, 0.15) is 23.1 Å². The molecule has 0 aliphatic carbocycles. The van der Waals surface area contributed by atoms with E-state index in [0.29, 0.717) is 6.07 Å². The standard InChI is InChI=1S/C18H17F3N2O3/c1-18(2,3)26-17(25)23-14-5-4-11(19)9-15(14)22-16(24)10-6-12(20)8-13(21)7-10/h4-9H,1-3H3,(H,22,24)(H,23,25). The molecule has 0 aliphatic heterocycles. The first-order valence-electron chi connectivity index (χ1n) is 7.60. The summed E-state index contributed by atoms with van der Waals surface area (Å²) in [6.07, 6.45) is -0.809. The lowest BCUT2D eigenvalue weighted by Gasteiger charge is -2.20. The first-order valence-corrected chi connectivity index (χ1v) is 7.60. The van der Waals surface area contributed by atoms with Gasteiger partial charge in [-0.25, -0.2) is 18.0 Å². The molecule has 0 bridgehead atoms. The summed E-state index contributed by atoms with van der Waals surface area (Å²) in [6, 6.07) is 5.54. The average Bonchev–Trinajstić information content (AvgIpc) is 2.47. The molecule has 5 nitrogen and oxygen atoms in total. The van der Waals surface area contributed by atoms with Gasteiger partial charge in [0.15, 0.2) is 0 Å². The molecule has 2 aromatic carbocycles. The predicted molar refractivity (Wildman–Crippen MR) is 90.6 cm³/mol. The maximum absolute atomic E-state index is 13.5. The highest BCUT2D eigenvalue weighted by molar-refractivity contribution is 6.06. The Kier molecular flexibility index (Phi) is 5.54. The molecule has 0 unspecified atom stereocenters. The molecular weight excluding hydrogens is 349 g/mol. The van der Waals surface area contributed by atoms with E-state index < -0.39 is 35.1 Å². The number of nitrogens with one attached hydrogen (secondary N) is 2. The highest BCUT2D eigenvalue weighted by atomic mass is 19.1. The van der Waals surface area contributed by atoms with Gasteiger partial charge >= 0.3 is 6.09 Å². The van der Waals surface area contributed by atoms with Gasteiger partial charge in [-0.2, -0.15) is 0 Å². The maximum Gasteiger partial charge on any atom is 0.412 e. The van der Waals surface area contributed by atoms with Crippen LogP contribution in [0.2, 0.25) is 0 Å². The van der Waals surface area contributed by atoms with Crippen LogP contribution in [-0.2, 0) is 4.74 Å². The second-order valence-electron chi connectivity index (χ2n) is 6.43. The van der Waals surface area contributed by atoms with Crippen LogP contribution < -0.4 is 10.6 Å². The maximum atomic E-state index is 13.5. The minimum absolute atomic E-state index is 0.0610. The molecule has 138 valence electrons. The zero-order valence-electron chi connectivity index (χ0n) is 14.3. The van der Waals surface area contributed by atoms with Crippen molar-refractivity contribution in [3.05, 3.63) is 59.4 Å². The third-order valence-electron chi connectivity index (χ3n) is 2.99. The normalized spacial score (nSPS) is 11.0. The second kappa shape index (κ2) is 7.47. The van der Waals surface area contributed by atoms with Crippen LogP contribution in [-0.4, -0.2) is 17.6 Å². The molecule has 0 atom stereocenters. The van der Waals surface area contributed by atoms with Crippen molar-refractivity contribution in [2.24, 2.45) is 0 Å². The minimum atomic E-state index is -0.929. The molecule has 0 aromatic heterocycles. The number of ether oxygens (including phenoxy) is 1. The zero-order valence-corrected chi connectivity index (χ0v) is 14.3. The predicted octanol–water partition coefficient (Wildman–Crippen LogP) is 4.70. The van der Waals surface area contributed by atoms with E-state index in [0.717, 1.165) is 24.3 Å². The van der Waals surface area contributed by atoms with Gasteiger partial charge in [0, 0.05) is 11.6 Å². The van der Waals surface area contributed by atoms with Gasteiger partial charge in [-0.05, 0) is 51.1 Å².